The summed E-state index contributed by atoms with van der Waals surface area (Å²) in [5, 5.41) is 2.56. The number of halogens is 2. The molecule has 0 radical (unpaired) electrons. The summed E-state index contributed by atoms with van der Waals surface area (Å²) >= 11 is 0. The van der Waals surface area contributed by atoms with Crippen LogP contribution in [0.1, 0.15) is 15.9 Å². The predicted molar refractivity (Wildman–Crippen MR) is 90.2 cm³/mol. The van der Waals surface area contributed by atoms with Crippen molar-refractivity contribution in [3.63, 3.8) is 0 Å². The van der Waals surface area contributed by atoms with Crippen LogP contribution in [0, 0.1) is 11.6 Å². The van der Waals surface area contributed by atoms with Gasteiger partial charge in [-0.2, -0.15) is 0 Å². The molecule has 6 heteroatoms. The van der Waals surface area contributed by atoms with Crippen LogP contribution in [0.4, 0.5) is 8.78 Å². The molecule has 0 saturated carbocycles. The third-order valence-corrected chi connectivity index (χ3v) is 4.15. The van der Waals surface area contributed by atoms with Crippen molar-refractivity contribution in [2.75, 3.05) is 26.2 Å². The van der Waals surface area contributed by atoms with Crippen LogP contribution in [-0.4, -0.2) is 43.2 Å². The van der Waals surface area contributed by atoms with E-state index in [2.05, 4.69) is 22.3 Å². The van der Waals surface area contributed by atoms with E-state index >= 15 is 0 Å². The Labute approximate surface area is 145 Å². The quantitative estimate of drug-likeness (QED) is 0.905. The van der Waals surface area contributed by atoms with Gasteiger partial charge in [0.15, 0.2) is 0 Å². The lowest BCUT2D eigenvalue weighted by atomic mass is 10.1. The summed E-state index contributed by atoms with van der Waals surface area (Å²) < 4.78 is 32.9. The maximum absolute atomic E-state index is 13.6. The Hall–Kier alpha value is -2.31. The zero-order chi connectivity index (χ0) is 17.6. The molecule has 0 bridgehead atoms. The first-order valence-corrected chi connectivity index (χ1v) is 8.23. The number of morpholine rings is 1. The highest BCUT2D eigenvalue weighted by Crippen LogP contribution is 2.13. The molecule has 0 spiro atoms. The molecule has 1 atom stereocenters. The van der Waals surface area contributed by atoms with Crippen LogP contribution in [0.2, 0.25) is 0 Å². The summed E-state index contributed by atoms with van der Waals surface area (Å²) in [6.07, 6.45) is -0.212. The SMILES string of the molecule is O=C(NCC1CN(Cc2ccccc2)CCO1)c1c(F)cccc1F. The van der Waals surface area contributed by atoms with Gasteiger partial charge in [0, 0.05) is 26.2 Å². The van der Waals surface area contributed by atoms with Crippen LogP contribution in [0.15, 0.2) is 48.5 Å². The topological polar surface area (TPSA) is 41.6 Å². The van der Waals surface area contributed by atoms with Crippen LogP contribution >= 0.6 is 0 Å². The van der Waals surface area contributed by atoms with Gasteiger partial charge in [-0.25, -0.2) is 8.78 Å². The van der Waals surface area contributed by atoms with E-state index in [1.807, 2.05) is 18.2 Å². The lowest BCUT2D eigenvalue weighted by molar-refractivity contribution is -0.0293. The molecule has 1 N–H and O–H groups in total. The van der Waals surface area contributed by atoms with E-state index in [4.69, 9.17) is 4.74 Å². The predicted octanol–water partition coefficient (Wildman–Crippen LogP) is 2.60. The van der Waals surface area contributed by atoms with Crippen molar-refractivity contribution < 1.29 is 18.3 Å². The second kappa shape index (κ2) is 8.18. The molecule has 2 aromatic rings. The van der Waals surface area contributed by atoms with Crippen molar-refractivity contribution in [3.8, 4) is 0 Å². The van der Waals surface area contributed by atoms with Gasteiger partial charge >= 0.3 is 0 Å². The molecule has 1 heterocycles. The lowest BCUT2D eigenvalue weighted by Gasteiger charge is -2.33. The third-order valence-electron chi connectivity index (χ3n) is 4.15. The number of nitrogens with zero attached hydrogens (tertiary/aromatic N) is 1. The molecule has 3 rings (SSSR count). The van der Waals surface area contributed by atoms with Gasteiger partial charge in [-0.3, -0.25) is 9.69 Å². The Bertz CT molecular complexity index is 704. The molecule has 1 saturated heterocycles. The van der Waals surface area contributed by atoms with Crippen LogP contribution in [0.5, 0.6) is 0 Å². The highest BCUT2D eigenvalue weighted by molar-refractivity contribution is 5.94. The van der Waals surface area contributed by atoms with Gasteiger partial charge in [-0.15, -0.1) is 0 Å². The van der Waals surface area contributed by atoms with Crippen molar-refractivity contribution in [2.45, 2.75) is 12.6 Å². The van der Waals surface area contributed by atoms with Gasteiger partial charge in [0.05, 0.1) is 12.7 Å². The largest absolute Gasteiger partial charge is 0.374 e. The van der Waals surface area contributed by atoms with Gasteiger partial charge in [-0.05, 0) is 17.7 Å². The summed E-state index contributed by atoms with van der Waals surface area (Å²) in [4.78, 5) is 14.3. The second-order valence-electron chi connectivity index (χ2n) is 6.02. The van der Waals surface area contributed by atoms with Crippen LogP contribution in [0.3, 0.4) is 0 Å². The standard InChI is InChI=1S/C19H20F2N2O2/c20-16-7-4-8-17(21)18(16)19(24)22-11-15-13-23(9-10-25-15)12-14-5-2-1-3-6-14/h1-8,15H,9-13H2,(H,22,24). The Balaban J connectivity index is 1.53. The van der Waals surface area contributed by atoms with Crippen LogP contribution < -0.4 is 5.32 Å². The van der Waals surface area contributed by atoms with Gasteiger partial charge in [0.1, 0.15) is 17.2 Å². The zero-order valence-electron chi connectivity index (χ0n) is 13.8. The van der Waals surface area contributed by atoms with Crippen molar-refractivity contribution in [1.29, 1.82) is 0 Å². The highest BCUT2D eigenvalue weighted by Gasteiger charge is 2.23. The summed E-state index contributed by atoms with van der Waals surface area (Å²) in [6.45, 7) is 3.02. The first kappa shape index (κ1) is 17.5. The van der Waals surface area contributed by atoms with E-state index in [1.54, 1.807) is 0 Å². The molecule has 1 aliphatic heterocycles. The number of rotatable bonds is 5. The summed E-state index contributed by atoms with van der Waals surface area (Å²) in [6, 6.07) is 13.5. The molecule has 1 aliphatic rings. The molecule has 1 amide bonds. The fourth-order valence-corrected chi connectivity index (χ4v) is 2.90. The second-order valence-corrected chi connectivity index (χ2v) is 6.02. The van der Waals surface area contributed by atoms with Gasteiger partial charge in [0.2, 0.25) is 0 Å². The number of carbonyl (C=O) groups is 1. The maximum Gasteiger partial charge on any atom is 0.257 e. The molecule has 1 unspecified atom stereocenters. The Morgan fingerprint density at radius 2 is 1.84 bits per heavy atom. The molecule has 132 valence electrons. The molecule has 1 fully saturated rings. The number of hydrogen-bond donors (Lipinski definition) is 1. The minimum absolute atomic E-state index is 0.206. The average molecular weight is 346 g/mol. The maximum atomic E-state index is 13.6. The lowest BCUT2D eigenvalue weighted by Crippen LogP contribution is -2.47. The molecular formula is C19H20F2N2O2. The smallest absolute Gasteiger partial charge is 0.257 e. The Morgan fingerprint density at radius 1 is 1.12 bits per heavy atom. The average Bonchev–Trinajstić information content (AvgIpc) is 2.61. The molecule has 0 aliphatic carbocycles. The molecule has 25 heavy (non-hydrogen) atoms. The number of ether oxygens (including phenoxy) is 1. The van der Waals surface area contributed by atoms with Crippen molar-refractivity contribution in [1.82, 2.24) is 10.2 Å². The van der Waals surface area contributed by atoms with Gasteiger partial charge in [-0.1, -0.05) is 36.4 Å². The normalized spacial score (nSPS) is 18.1. The molecule has 0 aromatic heterocycles. The molecule has 2 aromatic carbocycles. The first-order chi connectivity index (χ1) is 12.1. The van der Waals surface area contributed by atoms with Crippen molar-refractivity contribution in [2.24, 2.45) is 0 Å². The minimum Gasteiger partial charge on any atom is -0.374 e. The van der Waals surface area contributed by atoms with Crippen molar-refractivity contribution in [3.05, 3.63) is 71.3 Å². The first-order valence-electron chi connectivity index (χ1n) is 8.23. The number of hydrogen-bond acceptors (Lipinski definition) is 3. The summed E-state index contributed by atoms with van der Waals surface area (Å²) in [7, 11) is 0. The molecular weight excluding hydrogens is 326 g/mol. The number of amides is 1. The van der Waals surface area contributed by atoms with E-state index in [9.17, 15) is 13.6 Å². The van der Waals surface area contributed by atoms with Gasteiger partial charge < -0.3 is 10.1 Å². The van der Waals surface area contributed by atoms with E-state index < -0.39 is 23.1 Å². The van der Waals surface area contributed by atoms with Crippen molar-refractivity contribution >= 4 is 5.91 Å². The number of benzene rings is 2. The Morgan fingerprint density at radius 3 is 2.56 bits per heavy atom. The van der Waals surface area contributed by atoms with Crippen LogP contribution in [-0.2, 0) is 11.3 Å². The fraction of sp³-hybridized carbons (Fsp3) is 0.316. The Kier molecular flexibility index (Phi) is 5.73. The minimum atomic E-state index is -0.868. The monoisotopic (exact) mass is 346 g/mol. The van der Waals surface area contributed by atoms with Crippen LogP contribution in [0.25, 0.3) is 0 Å². The number of carbonyl (C=O) groups excluding carboxylic acids is 1. The summed E-state index contributed by atoms with van der Waals surface area (Å²) in [5.41, 5.74) is 0.653. The van der Waals surface area contributed by atoms with E-state index in [-0.39, 0.29) is 12.6 Å². The highest BCUT2D eigenvalue weighted by atomic mass is 19.1. The fourth-order valence-electron chi connectivity index (χ4n) is 2.90. The third kappa shape index (κ3) is 4.61. The summed E-state index contributed by atoms with van der Waals surface area (Å²) in [5.74, 6) is -2.50. The zero-order valence-corrected chi connectivity index (χ0v) is 13.8. The van der Waals surface area contributed by atoms with Gasteiger partial charge in [0.25, 0.3) is 5.91 Å². The molecule has 4 nitrogen and oxygen atoms in total. The van der Waals surface area contributed by atoms with E-state index in [1.165, 1.54) is 11.6 Å². The number of nitrogens with one attached hydrogen (secondary N) is 1. The van der Waals surface area contributed by atoms with E-state index in [0.29, 0.717) is 13.2 Å². The van der Waals surface area contributed by atoms with E-state index in [0.717, 1.165) is 25.2 Å².